The van der Waals surface area contributed by atoms with Crippen molar-refractivity contribution >= 4 is 27.9 Å². The number of imidazole rings is 1. The van der Waals surface area contributed by atoms with Gasteiger partial charge in [-0.3, -0.25) is 13.5 Å². The van der Waals surface area contributed by atoms with Gasteiger partial charge in [-0.15, -0.1) is 0 Å². The summed E-state index contributed by atoms with van der Waals surface area (Å²) in [6.45, 7) is 7.53. The molecule has 3 unspecified atom stereocenters. The van der Waals surface area contributed by atoms with E-state index in [1.807, 2.05) is 35.3 Å². The average Bonchev–Trinajstić information content (AvgIpc) is 3.61. The second-order valence-electron chi connectivity index (χ2n) is 11.0. The summed E-state index contributed by atoms with van der Waals surface area (Å²) in [4.78, 5) is 21.7. The number of nitrogens with two attached hydrogens (primary N) is 1. The molecule has 3 heterocycles. The van der Waals surface area contributed by atoms with Gasteiger partial charge in [0, 0.05) is 5.56 Å². The van der Waals surface area contributed by atoms with E-state index in [1.54, 1.807) is 4.72 Å². The Morgan fingerprint density at radius 1 is 1.04 bits per heavy atom. The van der Waals surface area contributed by atoms with E-state index in [-0.39, 0.29) is 11.4 Å². The van der Waals surface area contributed by atoms with Gasteiger partial charge in [0.15, 0.2) is 18.2 Å². The number of quaternary nitrogens is 1. The first-order chi connectivity index (χ1) is 22.4. The number of ether oxygens (including phenoxy) is 1. The highest BCUT2D eigenvalue weighted by Gasteiger charge is 2.48. The van der Waals surface area contributed by atoms with E-state index in [0.717, 1.165) is 5.56 Å². The van der Waals surface area contributed by atoms with Gasteiger partial charge < -0.3 is 25.8 Å². The molecule has 2 aliphatic heterocycles. The second kappa shape index (κ2) is 13.8. The Balaban J connectivity index is 1.40. The van der Waals surface area contributed by atoms with Crippen LogP contribution < -0.4 is 10.5 Å². The number of aliphatic hydroxyl groups excluding tert-OH is 2. The van der Waals surface area contributed by atoms with Crippen LogP contribution in [-0.4, -0.2) is 99.2 Å². The van der Waals surface area contributed by atoms with E-state index < -0.39 is 59.3 Å². The number of amidine groups is 1. The number of aliphatic imine (C=N–C) groups is 1. The highest BCUT2D eigenvalue weighted by atomic mass is 32.2. The predicted octanol–water partition coefficient (Wildman–Crippen LogP) is 1.05. The van der Waals surface area contributed by atoms with Crippen LogP contribution in [0.3, 0.4) is 0 Å². The lowest BCUT2D eigenvalue weighted by Crippen LogP contribution is -2.65. The number of aromatic hydroxyl groups is 1. The number of hydrogen-bond acceptors (Lipinski definition) is 12. The Bertz CT molecular complexity index is 1790. The normalized spacial score (nSPS) is 22.6. The van der Waals surface area contributed by atoms with Crippen LogP contribution in [0.1, 0.15) is 54.8 Å². The van der Waals surface area contributed by atoms with Crippen molar-refractivity contribution < 1.29 is 42.0 Å². The third kappa shape index (κ3) is 6.73. The fraction of sp³-hybridized carbons (Fsp3) is 0.387. The molecule has 5 rings (SSSR count). The number of phenolic OH excluding ortho intramolecular Hbond substituents is 1. The molecule has 0 radical (unpaired) electrons. The average molecular weight is 669 g/mol. The van der Waals surface area contributed by atoms with Crippen molar-refractivity contribution in [2.45, 2.75) is 51.5 Å². The molecule has 1 amide bonds. The lowest BCUT2D eigenvalue weighted by Gasteiger charge is -2.47. The maximum Gasteiger partial charge on any atom is 0.362 e. The molecule has 15 nitrogen and oxygen atoms in total. The summed E-state index contributed by atoms with van der Waals surface area (Å²) in [7, 11) is -4.69. The van der Waals surface area contributed by atoms with Crippen LogP contribution in [0.4, 0.5) is 5.82 Å². The van der Waals surface area contributed by atoms with Crippen LogP contribution in [-0.2, 0) is 19.2 Å². The Labute approximate surface area is 272 Å². The number of hydrogen-bond donors (Lipinski definition) is 5. The quantitative estimate of drug-likeness (QED) is 0.153. The van der Waals surface area contributed by atoms with Gasteiger partial charge in [-0.05, 0) is 51.0 Å². The molecule has 0 spiro atoms. The zero-order chi connectivity index (χ0) is 33.9. The molecule has 2 aliphatic rings. The number of aliphatic hydroxyl groups is 2. The molecule has 5 atom stereocenters. The van der Waals surface area contributed by atoms with Crippen molar-refractivity contribution in [3.63, 3.8) is 0 Å². The Morgan fingerprint density at radius 2 is 1.70 bits per heavy atom. The molecule has 1 aromatic heterocycles. The lowest BCUT2D eigenvalue weighted by molar-refractivity contribution is -1.02. The van der Waals surface area contributed by atoms with Crippen molar-refractivity contribution in [2.24, 2.45) is 10.7 Å². The molecular formula is C31H38N7O8S+. The summed E-state index contributed by atoms with van der Waals surface area (Å²) in [6, 6.07) is 14.8. The number of carbonyl (C=O) groups excluding carboxylic acids is 1. The number of rotatable bonds is 10. The number of phenols is 1. The topological polar surface area (TPSA) is 202 Å². The van der Waals surface area contributed by atoms with E-state index >= 15 is 0 Å². The Hall–Kier alpha value is -4.34. The largest absolute Gasteiger partial charge is 0.507 e. The van der Waals surface area contributed by atoms with Gasteiger partial charge in [0.05, 0.1) is 38.1 Å². The number of para-hydroxylation sites is 1. The molecule has 1 saturated heterocycles. The molecule has 16 heteroatoms. The minimum atomic E-state index is -4.69. The highest BCUT2D eigenvalue weighted by Crippen LogP contribution is 2.39. The van der Waals surface area contributed by atoms with Crippen LogP contribution in [0.2, 0.25) is 0 Å². The SMILES string of the molecule is CC[N+](CC)(CC)N1C(C#Cc2ccccc2)=Nc2c(ncn2[C@@H]2O[C@H](COS(=O)(=O)NC(=O)c3ccccc3O)C(O)C2O)C1N. The van der Waals surface area contributed by atoms with E-state index in [1.165, 1.54) is 35.2 Å². The lowest BCUT2D eigenvalue weighted by atomic mass is 10.1. The van der Waals surface area contributed by atoms with Gasteiger partial charge in [0.2, 0.25) is 5.84 Å². The smallest absolute Gasteiger partial charge is 0.362 e. The second-order valence-corrected chi connectivity index (χ2v) is 12.3. The summed E-state index contributed by atoms with van der Waals surface area (Å²) in [6.07, 6.45) is -5.09. The molecular weight excluding hydrogens is 630 g/mol. The first-order valence-electron chi connectivity index (χ1n) is 15.1. The van der Waals surface area contributed by atoms with Gasteiger partial charge in [-0.25, -0.2) is 14.3 Å². The maximum absolute atomic E-state index is 12.5. The number of carbonyl (C=O) groups is 1. The molecule has 0 saturated carbocycles. The molecule has 2 aromatic carbocycles. The van der Waals surface area contributed by atoms with E-state index in [2.05, 4.69) is 37.6 Å². The van der Waals surface area contributed by atoms with Crippen molar-refractivity contribution in [2.75, 3.05) is 26.2 Å². The third-order valence-electron chi connectivity index (χ3n) is 8.45. The highest BCUT2D eigenvalue weighted by molar-refractivity contribution is 7.85. The van der Waals surface area contributed by atoms with Crippen molar-refractivity contribution in [1.29, 1.82) is 0 Å². The maximum atomic E-state index is 12.5. The number of amides is 1. The summed E-state index contributed by atoms with van der Waals surface area (Å²) in [5, 5.41) is 33.5. The summed E-state index contributed by atoms with van der Waals surface area (Å²) in [5.41, 5.74) is 7.74. The van der Waals surface area contributed by atoms with Crippen molar-refractivity contribution in [3.8, 4) is 17.6 Å². The van der Waals surface area contributed by atoms with E-state index in [0.29, 0.717) is 35.8 Å². The van der Waals surface area contributed by atoms with Gasteiger partial charge in [-0.1, -0.05) is 36.3 Å². The fourth-order valence-electron chi connectivity index (χ4n) is 5.72. The summed E-state index contributed by atoms with van der Waals surface area (Å²) >= 11 is 0. The molecule has 3 aromatic rings. The molecule has 47 heavy (non-hydrogen) atoms. The number of fused-ring (bicyclic) bond motifs is 1. The van der Waals surface area contributed by atoms with Gasteiger partial charge in [-0.2, -0.15) is 18.4 Å². The zero-order valence-corrected chi connectivity index (χ0v) is 26.9. The minimum Gasteiger partial charge on any atom is -0.507 e. The van der Waals surface area contributed by atoms with E-state index in [9.17, 15) is 28.5 Å². The predicted molar refractivity (Wildman–Crippen MR) is 170 cm³/mol. The van der Waals surface area contributed by atoms with Crippen LogP contribution >= 0.6 is 0 Å². The number of nitrogens with one attached hydrogen (secondary N) is 1. The first kappa shape index (κ1) is 34.0. The van der Waals surface area contributed by atoms with Crippen molar-refractivity contribution in [3.05, 3.63) is 77.7 Å². The zero-order valence-electron chi connectivity index (χ0n) is 26.1. The molecule has 1 fully saturated rings. The van der Waals surface area contributed by atoms with Crippen LogP contribution in [0.15, 0.2) is 65.9 Å². The van der Waals surface area contributed by atoms with Crippen molar-refractivity contribution in [1.82, 2.24) is 19.3 Å². The van der Waals surface area contributed by atoms with Crippen LogP contribution in [0.5, 0.6) is 5.75 Å². The molecule has 250 valence electrons. The van der Waals surface area contributed by atoms with Gasteiger partial charge in [0.25, 0.3) is 5.91 Å². The summed E-state index contributed by atoms with van der Waals surface area (Å²) < 4.78 is 39.3. The van der Waals surface area contributed by atoms with Gasteiger partial charge in [0.1, 0.15) is 29.8 Å². The molecule has 6 N–H and O–H groups in total. The summed E-state index contributed by atoms with van der Waals surface area (Å²) in [5.74, 6) is 5.41. The van der Waals surface area contributed by atoms with Gasteiger partial charge >= 0.3 is 10.3 Å². The molecule has 0 bridgehead atoms. The molecule has 0 aliphatic carbocycles. The Kier molecular flexibility index (Phi) is 9.98. The van der Waals surface area contributed by atoms with Crippen LogP contribution in [0, 0.1) is 11.8 Å². The fourth-order valence-corrected chi connectivity index (χ4v) is 6.43. The number of nitrogens with zero attached hydrogens (tertiary/aromatic N) is 5. The standard InChI is InChI=1S/C31H37N7O8S/c1-4-38(5-2,6-3)37-24(17-16-20-12-8-7-9-13-20)34-29-25(28(37)32)33-19-36(29)31-27(41)26(40)23(46-31)18-45-47(43,44)35-30(42)21-14-10-11-15-22(21)39/h7-15,19,23,26-28,31,40-41H,4-6,18,32H2,1-3H3,(H-,35,39,42)/p+1/t23-,26?,27?,28?,31-/m1/s1. The monoisotopic (exact) mass is 668 g/mol. The third-order valence-corrected chi connectivity index (χ3v) is 9.33. The van der Waals surface area contributed by atoms with E-state index in [4.69, 9.17) is 19.6 Å². The first-order valence-corrected chi connectivity index (χ1v) is 16.5. The van der Waals surface area contributed by atoms with Crippen LogP contribution in [0.25, 0.3) is 0 Å². The Morgan fingerprint density at radius 3 is 2.36 bits per heavy atom. The number of benzene rings is 2. The number of aromatic nitrogens is 2. The minimum absolute atomic E-state index is 0.257.